The summed E-state index contributed by atoms with van der Waals surface area (Å²) in [5.41, 5.74) is 0.714. The highest BCUT2D eigenvalue weighted by Gasteiger charge is 2.14. The first-order chi connectivity index (χ1) is 8.33. The molecule has 1 atom stereocenters. The predicted molar refractivity (Wildman–Crippen MR) is 63.3 cm³/mol. The number of hydrogen-bond donors (Lipinski definition) is 0. The lowest BCUT2D eigenvalue weighted by atomic mass is 10.0. The third-order valence-electron chi connectivity index (χ3n) is 2.51. The molecule has 4 nitrogen and oxygen atoms in total. The van der Waals surface area contributed by atoms with Gasteiger partial charge in [0, 0.05) is 12.3 Å². The molecular formula is C13H11N3O. The summed E-state index contributed by atoms with van der Waals surface area (Å²) in [5.74, 6) is 0. The van der Waals surface area contributed by atoms with Crippen molar-refractivity contribution in [2.45, 2.75) is 12.5 Å². The summed E-state index contributed by atoms with van der Waals surface area (Å²) in [7, 11) is 0. The second-order valence-corrected chi connectivity index (χ2v) is 3.60. The van der Waals surface area contributed by atoms with E-state index in [1.54, 1.807) is 12.3 Å². The summed E-state index contributed by atoms with van der Waals surface area (Å²) in [6.07, 6.45) is 1.77. The van der Waals surface area contributed by atoms with E-state index in [1.807, 2.05) is 30.3 Å². The van der Waals surface area contributed by atoms with E-state index in [2.05, 4.69) is 11.2 Å². The normalized spacial score (nSPS) is 11.7. The lowest BCUT2D eigenvalue weighted by Crippen LogP contribution is -2.26. The molecule has 1 aromatic heterocycles. The highest BCUT2D eigenvalue weighted by Crippen LogP contribution is 2.18. The maximum absolute atomic E-state index is 11.7. The fraction of sp³-hybridized carbons (Fsp3) is 0.154. The molecule has 0 saturated heterocycles. The molecule has 0 fully saturated rings. The largest absolute Gasteiger partial charge is 0.268 e. The lowest BCUT2D eigenvalue weighted by molar-refractivity contribution is 0.503. The van der Waals surface area contributed by atoms with E-state index in [-0.39, 0.29) is 18.0 Å². The van der Waals surface area contributed by atoms with Crippen molar-refractivity contribution in [3.8, 4) is 6.07 Å². The van der Waals surface area contributed by atoms with Gasteiger partial charge >= 0.3 is 0 Å². The summed E-state index contributed by atoms with van der Waals surface area (Å²) in [4.78, 5) is 11.7. The molecule has 0 aliphatic heterocycles. The Morgan fingerprint density at radius 2 is 2.00 bits per heavy atom. The maximum atomic E-state index is 11.7. The van der Waals surface area contributed by atoms with Gasteiger partial charge in [0.15, 0.2) is 0 Å². The van der Waals surface area contributed by atoms with Crippen LogP contribution >= 0.6 is 0 Å². The van der Waals surface area contributed by atoms with Gasteiger partial charge in [0.05, 0.1) is 18.5 Å². The summed E-state index contributed by atoms with van der Waals surface area (Å²) < 4.78 is 1.35. The molecule has 0 N–H and O–H groups in total. The molecule has 2 aromatic rings. The standard InChI is InChI=1S/C13H11N3O/c14-9-8-12(11-5-2-1-3-6-11)16-13(17)7-4-10-15-16/h1-7,10,12H,8H2/t12-/m1/s1. The predicted octanol–water partition coefficient (Wildman–Crippen LogP) is 1.75. The first-order valence-electron chi connectivity index (χ1n) is 5.28. The zero-order chi connectivity index (χ0) is 12.1. The highest BCUT2D eigenvalue weighted by atomic mass is 16.1. The molecular weight excluding hydrogens is 214 g/mol. The zero-order valence-electron chi connectivity index (χ0n) is 9.15. The monoisotopic (exact) mass is 225 g/mol. The van der Waals surface area contributed by atoms with E-state index in [9.17, 15) is 4.79 Å². The molecule has 0 spiro atoms. The molecule has 0 aliphatic carbocycles. The molecule has 0 amide bonds. The van der Waals surface area contributed by atoms with E-state index in [0.717, 1.165) is 5.56 Å². The molecule has 84 valence electrons. The van der Waals surface area contributed by atoms with Crippen LogP contribution in [0.3, 0.4) is 0 Å². The van der Waals surface area contributed by atoms with Crippen LogP contribution in [0.15, 0.2) is 53.5 Å². The van der Waals surface area contributed by atoms with Gasteiger partial charge in [-0.3, -0.25) is 4.79 Å². The van der Waals surface area contributed by atoms with Crippen LogP contribution in [-0.4, -0.2) is 9.78 Å². The van der Waals surface area contributed by atoms with Crippen molar-refractivity contribution >= 4 is 0 Å². The Morgan fingerprint density at radius 1 is 1.24 bits per heavy atom. The van der Waals surface area contributed by atoms with Crippen molar-refractivity contribution in [2.75, 3.05) is 0 Å². The van der Waals surface area contributed by atoms with Crippen molar-refractivity contribution in [3.63, 3.8) is 0 Å². The minimum Gasteiger partial charge on any atom is -0.268 e. The smallest absolute Gasteiger partial charge is 0.267 e. The van der Waals surface area contributed by atoms with E-state index in [0.29, 0.717) is 0 Å². The van der Waals surface area contributed by atoms with Crippen molar-refractivity contribution in [1.82, 2.24) is 9.78 Å². The molecule has 17 heavy (non-hydrogen) atoms. The first-order valence-corrected chi connectivity index (χ1v) is 5.28. The highest BCUT2D eigenvalue weighted by molar-refractivity contribution is 5.20. The molecule has 0 bridgehead atoms. The van der Waals surface area contributed by atoms with Gasteiger partial charge in [-0.2, -0.15) is 10.4 Å². The van der Waals surface area contributed by atoms with Gasteiger partial charge in [0.1, 0.15) is 0 Å². The molecule has 0 saturated carbocycles. The topological polar surface area (TPSA) is 58.7 Å². The Morgan fingerprint density at radius 3 is 2.65 bits per heavy atom. The lowest BCUT2D eigenvalue weighted by Gasteiger charge is -2.15. The number of nitriles is 1. The Labute approximate surface area is 98.8 Å². The number of rotatable bonds is 3. The van der Waals surface area contributed by atoms with Crippen molar-refractivity contribution in [2.24, 2.45) is 0 Å². The summed E-state index contributed by atoms with van der Waals surface area (Å²) in [6.45, 7) is 0. The Kier molecular flexibility index (Phi) is 3.31. The number of nitrogens with zero attached hydrogens (tertiary/aromatic N) is 3. The second-order valence-electron chi connectivity index (χ2n) is 3.60. The second kappa shape index (κ2) is 5.08. The Bertz CT molecular complexity index is 583. The van der Waals surface area contributed by atoms with Gasteiger partial charge in [-0.1, -0.05) is 30.3 Å². The van der Waals surface area contributed by atoms with Crippen LogP contribution in [0.25, 0.3) is 0 Å². The summed E-state index contributed by atoms with van der Waals surface area (Å²) in [6, 6.07) is 14.2. The van der Waals surface area contributed by atoms with Crippen molar-refractivity contribution in [1.29, 1.82) is 5.26 Å². The molecule has 1 aromatic carbocycles. The molecule has 0 unspecified atom stereocenters. The number of benzene rings is 1. The number of aromatic nitrogens is 2. The third kappa shape index (κ3) is 2.40. The van der Waals surface area contributed by atoms with Gasteiger partial charge in [0.25, 0.3) is 5.56 Å². The van der Waals surface area contributed by atoms with Crippen LogP contribution in [-0.2, 0) is 0 Å². The summed E-state index contributed by atoms with van der Waals surface area (Å²) in [5, 5.41) is 12.9. The van der Waals surface area contributed by atoms with Crippen LogP contribution in [0.4, 0.5) is 0 Å². The zero-order valence-corrected chi connectivity index (χ0v) is 9.15. The quantitative estimate of drug-likeness (QED) is 0.799. The minimum absolute atomic E-state index is 0.198. The van der Waals surface area contributed by atoms with Crippen LogP contribution in [0, 0.1) is 11.3 Å². The van der Waals surface area contributed by atoms with Crippen LogP contribution in [0.1, 0.15) is 18.0 Å². The van der Waals surface area contributed by atoms with Crippen LogP contribution in [0.5, 0.6) is 0 Å². The van der Waals surface area contributed by atoms with Gasteiger partial charge < -0.3 is 0 Å². The Balaban J connectivity index is 2.48. The SMILES string of the molecule is N#CC[C@H](c1ccccc1)n1ncccc1=O. The fourth-order valence-corrected chi connectivity index (χ4v) is 1.71. The van der Waals surface area contributed by atoms with Gasteiger partial charge in [-0.05, 0) is 11.6 Å². The summed E-state index contributed by atoms with van der Waals surface area (Å²) >= 11 is 0. The van der Waals surface area contributed by atoms with Crippen molar-refractivity contribution < 1.29 is 0 Å². The van der Waals surface area contributed by atoms with Crippen LogP contribution in [0.2, 0.25) is 0 Å². The van der Waals surface area contributed by atoms with E-state index in [1.165, 1.54) is 10.7 Å². The first kappa shape index (κ1) is 11.1. The average molecular weight is 225 g/mol. The van der Waals surface area contributed by atoms with Gasteiger partial charge in [-0.25, -0.2) is 4.68 Å². The van der Waals surface area contributed by atoms with Gasteiger partial charge in [0.2, 0.25) is 0 Å². The molecule has 0 aliphatic rings. The van der Waals surface area contributed by atoms with Gasteiger partial charge in [-0.15, -0.1) is 0 Å². The van der Waals surface area contributed by atoms with E-state index < -0.39 is 0 Å². The molecule has 0 radical (unpaired) electrons. The minimum atomic E-state index is -0.324. The van der Waals surface area contributed by atoms with Crippen LogP contribution < -0.4 is 5.56 Å². The fourth-order valence-electron chi connectivity index (χ4n) is 1.71. The van der Waals surface area contributed by atoms with Crippen molar-refractivity contribution in [3.05, 3.63) is 64.6 Å². The molecule has 4 heteroatoms. The Hall–Kier alpha value is -2.41. The third-order valence-corrected chi connectivity index (χ3v) is 2.51. The van der Waals surface area contributed by atoms with E-state index >= 15 is 0 Å². The number of hydrogen-bond acceptors (Lipinski definition) is 3. The molecule has 2 rings (SSSR count). The average Bonchev–Trinajstić information content (AvgIpc) is 2.38. The molecule has 1 heterocycles. The van der Waals surface area contributed by atoms with E-state index in [4.69, 9.17) is 5.26 Å². The maximum Gasteiger partial charge on any atom is 0.267 e.